The van der Waals surface area contributed by atoms with E-state index in [0.29, 0.717) is 17.8 Å². The van der Waals surface area contributed by atoms with Gasteiger partial charge in [-0.05, 0) is 92.3 Å². The molecule has 0 spiro atoms. The maximum absolute atomic E-state index is 11.4. The Labute approximate surface area is 170 Å². The van der Waals surface area contributed by atoms with Gasteiger partial charge in [-0.3, -0.25) is 4.79 Å². The number of allylic oxidation sites excluding steroid dienone is 1. The van der Waals surface area contributed by atoms with Crippen molar-refractivity contribution in [1.29, 1.82) is 0 Å². The summed E-state index contributed by atoms with van der Waals surface area (Å²) in [7, 11) is 0. The van der Waals surface area contributed by atoms with E-state index < -0.39 is 0 Å². The van der Waals surface area contributed by atoms with Crippen LogP contribution in [0.3, 0.4) is 0 Å². The summed E-state index contributed by atoms with van der Waals surface area (Å²) in [4.78, 5) is 11.4. The maximum Gasteiger partial charge on any atom is 0.302 e. The molecule has 0 aromatic heterocycles. The monoisotopic (exact) mass is 392 g/mol. The van der Waals surface area contributed by atoms with Gasteiger partial charge in [-0.2, -0.15) is 0 Å². The number of carbonyl (C=O) groups excluding carboxylic acids is 1. The van der Waals surface area contributed by atoms with Crippen LogP contribution in [0.25, 0.3) is 0 Å². The first-order valence-electron chi connectivity index (χ1n) is 11.2. The van der Waals surface area contributed by atoms with E-state index in [1.807, 2.05) is 0 Å². The maximum atomic E-state index is 11.4. The van der Waals surface area contributed by atoms with Crippen LogP contribution in [0.5, 0.6) is 0 Å². The molecule has 160 valence electrons. The number of hydrogen-bond acceptors (Lipinski definition) is 4. The van der Waals surface area contributed by atoms with Crippen molar-refractivity contribution in [1.82, 2.24) is 0 Å². The van der Waals surface area contributed by atoms with Crippen molar-refractivity contribution < 1.29 is 19.7 Å². The zero-order valence-electron chi connectivity index (χ0n) is 18.2. The lowest BCUT2D eigenvalue weighted by molar-refractivity contribution is -0.157. The molecule has 8 atom stereocenters. The van der Waals surface area contributed by atoms with E-state index in [9.17, 15) is 15.0 Å². The molecule has 28 heavy (non-hydrogen) atoms. The largest absolute Gasteiger partial charge is 0.463 e. The molecule has 3 saturated carbocycles. The topological polar surface area (TPSA) is 66.8 Å². The van der Waals surface area contributed by atoms with E-state index in [-0.39, 0.29) is 48.0 Å². The van der Waals surface area contributed by atoms with E-state index in [1.165, 1.54) is 31.8 Å². The third-order valence-electron chi connectivity index (χ3n) is 9.13. The minimum Gasteiger partial charge on any atom is -0.463 e. The summed E-state index contributed by atoms with van der Waals surface area (Å²) >= 11 is 0. The van der Waals surface area contributed by atoms with Crippen LogP contribution in [0.1, 0.15) is 72.6 Å². The SMILES string of the molecule is C=C(C)[C@H]1CCC2[C@H](CO)C([C@@]3(C)CC[C@H](OC(C)=O)C[C@@H]3CO)CC[C@@]21C. The zero-order valence-corrected chi connectivity index (χ0v) is 18.2. The summed E-state index contributed by atoms with van der Waals surface area (Å²) < 4.78 is 5.47. The fraction of sp³-hybridized carbons (Fsp3) is 0.875. The Bertz CT molecular complexity index is 601. The number of rotatable bonds is 5. The minimum atomic E-state index is -0.233. The van der Waals surface area contributed by atoms with Crippen LogP contribution in [0.4, 0.5) is 0 Å². The predicted molar refractivity (Wildman–Crippen MR) is 111 cm³/mol. The zero-order chi connectivity index (χ0) is 20.7. The molecule has 0 aromatic rings. The highest BCUT2D eigenvalue weighted by Gasteiger charge is 2.58. The van der Waals surface area contributed by atoms with E-state index in [1.54, 1.807) is 0 Å². The molecule has 3 aliphatic carbocycles. The summed E-state index contributed by atoms with van der Waals surface area (Å²) in [6.45, 7) is 13.0. The van der Waals surface area contributed by atoms with Gasteiger partial charge in [0.15, 0.2) is 0 Å². The molecule has 0 amide bonds. The second-order valence-corrected chi connectivity index (χ2v) is 10.5. The standard InChI is InChI=1S/C24H40O4/c1-15(2)20-6-7-21-19(14-26)22(9-11-24(20,21)5)23(4)10-8-18(28-16(3)27)12-17(23)13-25/h17-22,25-26H,1,6-14H2,2-5H3/t17-,18+,19+,20-,21?,22?,23+,24-/m1/s1. The van der Waals surface area contributed by atoms with Gasteiger partial charge in [-0.1, -0.05) is 26.0 Å². The number of esters is 1. The van der Waals surface area contributed by atoms with E-state index in [0.717, 1.165) is 25.7 Å². The van der Waals surface area contributed by atoms with Crippen molar-refractivity contribution in [2.45, 2.75) is 78.7 Å². The molecule has 0 aromatic carbocycles. The van der Waals surface area contributed by atoms with Crippen LogP contribution in [0, 0.1) is 40.4 Å². The van der Waals surface area contributed by atoms with Crippen molar-refractivity contribution in [2.24, 2.45) is 40.4 Å². The Morgan fingerprint density at radius 3 is 2.21 bits per heavy atom. The Kier molecular flexibility index (Phi) is 6.32. The molecule has 4 nitrogen and oxygen atoms in total. The Morgan fingerprint density at radius 2 is 1.64 bits per heavy atom. The summed E-state index contributed by atoms with van der Waals surface area (Å²) in [6.07, 6.45) is 7.10. The molecule has 0 saturated heterocycles. The van der Waals surface area contributed by atoms with Gasteiger partial charge in [-0.15, -0.1) is 0 Å². The van der Waals surface area contributed by atoms with E-state index >= 15 is 0 Å². The second-order valence-electron chi connectivity index (χ2n) is 10.5. The fourth-order valence-electron chi connectivity index (χ4n) is 7.66. The Hall–Kier alpha value is -0.870. The summed E-state index contributed by atoms with van der Waals surface area (Å²) in [5, 5.41) is 20.7. The van der Waals surface area contributed by atoms with Gasteiger partial charge >= 0.3 is 5.97 Å². The first-order valence-corrected chi connectivity index (χ1v) is 11.2. The van der Waals surface area contributed by atoms with Crippen LogP contribution in [0.15, 0.2) is 12.2 Å². The van der Waals surface area contributed by atoms with Crippen LogP contribution < -0.4 is 0 Å². The van der Waals surface area contributed by atoms with Crippen LogP contribution in [-0.4, -0.2) is 35.5 Å². The quantitative estimate of drug-likeness (QED) is 0.539. The van der Waals surface area contributed by atoms with Gasteiger partial charge in [0.25, 0.3) is 0 Å². The molecular weight excluding hydrogens is 352 g/mol. The smallest absolute Gasteiger partial charge is 0.302 e. The van der Waals surface area contributed by atoms with Crippen molar-refractivity contribution >= 4 is 5.97 Å². The molecule has 0 radical (unpaired) electrons. The number of hydrogen-bond donors (Lipinski definition) is 2. The third kappa shape index (κ3) is 3.56. The first kappa shape index (κ1) is 21.8. The van der Waals surface area contributed by atoms with Crippen LogP contribution >= 0.6 is 0 Å². The highest BCUT2D eigenvalue weighted by molar-refractivity contribution is 5.66. The first-order chi connectivity index (χ1) is 13.2. The van der Waals surface area contributed by atoms with Gasteiger partial charge in [0, 0.05) is 20.1 Å². The molecular formula is C24H40O4. The second kappa shape index (κ2) is 8.10. The molecule has 3 fully saturated rings. The number of fused-ring (bicyclic) bond motifs is 1. The van der Waals surface area contributed by atoms with Gasteiger partial charge in [0.2, 0.25) is 0 Å². The molecule has 2 N–H and O–H groups in total. The number of carbonyl (C=O) groups is 1. The van der Waals surface area contributed by atoms with E-state index in [4.69, 9.17) is 4.74 Å². The van der Waals surface area contributed by atoms with E-state index in [2.05, 4.69) is 27.4 Å². The molecule has 3 rings (SSSR count). The van der Waals surface area contributed by atoms with Crippen molar-refractivity contribution in [3.63, 3.8) is 0 Å². The van der Waals surface area contributed by atoms with Crippen molar-refractivity contribution in [3.05, 3.63) is 12.2 Å². The van der Waals surface area contributed by atoms with Gasteiger partial charge in [0.1, 0.15) is 6.10 Å². The number of aliphatic hydroxyl groups excluding tert-OH is 2. The molecule has 0 heterocycles. The van der Waals surface area contributed by atoms with Crippen molar-refractivity contribution in [3.8, 4) is 0 Å². The summed E-state index contributed by atoms with van der Waals surface area (Å²) in [6, 6.07) is 0. The third-order valence-corrected chi connectivity index (χ3v) is 9.13. The molecule has 4 heteroatoms. The minimum absolute atomic E-state index is 0.0125. The molecule has 2 unspecified atom stereocenters. The summed E-state index contributed by atoms with van der Waals surface area (Å²) in [5.41, 5.74) is 1.53. The summed E-state index contributed by atoms with van der Waals surface area (Å²) in [5.74, 6) is 1.67. The fourth-order valence-corrected chi connectivity index (χ4v) is 7.66. The van der Waals surface area contributed by atoms with Gasteiger partial charge in [0.05, 0.1) is 0 Å². The molecule has 0 bridgehead atoms. The van der Waals surface area contributed by atoms with Crippen LogP contribution in [-0.2, 0) is 9.53 Å². The highest BCUT2D eigenvalue weighted by atomic mass is 16.5. The Balaban J connectivity index is 1.83. The lowest BCUT2D eigenvalue weighted by Gasteiger charge is -2.57. The number of ether oxygens (including phenoxy) is 1. The average Bonchev–Trinajstić information content (AvgIpc) is 2.99. The Morgan fingerprint density at radius 1 is 1.00 bits per heavy atom. The normalized spacial score (nSPS) is 46.1. The van der Waals surface area contributed by atoms with Crippen LogP contribution in [0.2, 0.25) is 0 Å². The lowest BCUT2D eigenvalue weighted by atomic mass is 9.48. The predicted octanol–water partition coefficient (Wildman–Crippen LogP) is 4.34. The van der Waals surface area contributed by atoms with Gasteiger partial charge < -0.3 is 14.9 Å². The lowest BCUT2D eigenvalue weighted by Crippen LogP contribution is -2.52. The van der Waals surface area contributed by atoms with Gasteiger partial charge in [-0.25, -0.2) is 0 Å². The molecule has 3 aliphatic rings. The molecule has 0 aliphatic heterocycles. The highest BCUT2D eigenvalue weighted by Crippen LogP contribution is 2.64. The van der Waals surface area contributed by atoms with Crippen molar-refractivity contribution in [2.75, 3.05) is 13.2 Å². The number of aliphatic hydroxyl groups is 2. The average molecular weight is 393 g/mol.